The van der Waals surface area contributed by atoms with Crippen LogP contribution in [0.5, 0.6) is 5.75 Å². The molecule has 0 aliphatic carbocycles. The Kier molecular flexibility index (Phi) is 5.01. The van der Waals surface area contributed by atoms with Crippen LogP contribution in [0.2, 0.25) is 0 Å². The van der Waals surface area contributed by atoms with Crippen LogP contribution in [0.15, 0.2) is 18.2 Å². The molecule has 1 heterocycles. The second-order valence-corrected chi connectivity index (χ2v) is 5.43. The first-order chi connectivity index (χ1) is 9.60. The number of carbonyl (C=O) groups is 1. The van der Waals surface area contributed by atoms with Crippen LogP contribution in [-0.4, -0.2) is 44.2 Å². The van der Waals surface area contributed by atoms with E-state index in [1.165, 1.54) is 12.7 Å². The van der Waals surface area contributed by atoms with Crippen molar-refractivity contribution in [2.24, 2.45) is 5.92 Å². The summed E-state index contributed by atoms with van der Waals surface area (Å²) >= 11 is 0. The van der Waals surface area contributed by atoms with Gasteiger partial charge in [0.2, 0.25) is 0 Å². The molecule has 1 saturated heterocycles. The van der Waals surface area contributed by atoms with Gasteiger partial charge in [0.15, 0.2) is 0 Å². The Bertz CT molecular complexity index is 473. The van der Waals surface area contributed by atoms with E-state index in [1.54, 1.807) is 0 Å². The van der Waals surface area contributed by atoms with Crippen LogP contribution in [0.1, 0.15) is 17.5 Å². The summed E-state index contributed by atoms with van der Waals surface area (Å²) in [5.41, 5.74) is 2.36. The molecule has 0 aromatic heterocycles. The lowest BCUT2D eigenvalue weighted by atomic mass is 10.1. The van der Waals surface area contributed by atoms with E-state index >= 15 is 0 Å². The monoisotopic (exact) mass is 277 g/mol. The second-order valence-electron chi connectivity index (χ2n) is 5.43. The van der Waals surface area contributed by atoms with Gasteiger partial charge >= 0.3 is 5.97 Å². The Labute approximate surface area is 120 Å². The van der Waals surface area contributed by atoms with Crippen LogP contribution >= 0.6 is 0 Å². The van der Waals surface area contributed by atoms with Gasteiger partial charge in [-0.2, -0.15) is 0 Å². The van der Waals surface area contributed by atoms with Crippen LogP contribution in [0.4, 0.5) is 0 Å². The van der Waals surface area contributed by atoms with Gasteiger partial charge in [-0.25, -0.2) is 0 Å². The van der Waals surface area contributed by atoms with E-state index < -0.39 is 0 Å². The van der Waals surface area contributed by atoms with Gasteiger partial charge in [0.25, 0.3) is 0 Å². The summed E-state index contributed by atoms with van der Waals surface area (Å²) in [5.74, 6) is 0.886. The van der Waals surface area contributed by atoms with Crippen molar-refractivity contribution in [3.05, 3.63) is 29.3 Å². The molecular weight excluding hydrogens is 254 g/mol. The van der Waals surface area contributed by atoms with Crippen molar-refractivity contribution in [2.75, 3.05) is 33.4 Å². The van der Waals surface area contributed by atoms with Crippen molar-refractivity contribution in [1.82, 2.24) is 4.90 Å². The van der Waals surface area contributed by atoms with Gasteiger partial charge < -0.3 is 9.47 Å². The number of carbonyl (C=O) groups excluding carboxylic acids is 1. The third kappa shape index (κ3) is 3.73. The highest BCUT2D eigenvalue weighted by Crippen LogP contribution is 2.20. The minimum absolute atomic E-state index is 0.0284. The number of likely N-dealkylation sites (tertiary alicyclic amines) is 1. The van der Waals surface area contributed by atoms with Gasteiger partial charge in [-0.05, 0) is 44.0 Å². The molecule has 0 amide bonds. The summed E-state index contributed by atoms with van der Waals surface area (Å²) in [7, 11) is 1.45. The first-order valence-electron chi connectivity index (χ1n) is 7.10. The van der Waals surface area contributed by atoms with Crippen molar-refractivity contribution < 1.29 is 14.3 Å². The fraction of sp³-hybridized carbons (Fsp3) is 0.562. The summed E-state index contributed by atoms with van der Waals surface area (Å²) in [5, 5.41) is 0. The van der Waals surface area contributed by atoms with E-state index in [0.717, 1.165) is 37.4 Å². The zero-order valence-corrected chi connectivity index (χ0v) is 12.5. The first-order valence-corrected chi connectivity index (χ1v) is 7.10. The van der Waals surface area contributed by atoms with Crippen LogP contribution in [0.25, 0.3) is 0 Å². The van der Waals surface area contributed by atoms with Crippen molar-refractivity contribution in [1.29, 1.82) is 0 Å². The van der Waals surface area contributed by atoms with Crippen molar-refractivity contribution >= 4 is 5.97 Å². The fourth-order valence-electron chi connectivity index (χ4n) is 2.54. The summed E-state index contributed by atoms with van der Waals surface area (Å²) in [4.78, 5) is 13.7. The Morgan fingerprint density at radius 1 is 1.40 bits per heavy atom. The lowest BCUT2D eigenvalue weighted by molar-refractivity contribution is -0.144. The minimum Gasteiger partial charge on any atom is -0.492 e. The predicted molar refractivity (Wildman–Crippen MR) is 78.0 cm³/mol. The van der Waals surface area contributed by atoms with Crippen molar-refractivity contribution in [2.45, 2.75) is 20.3 Å². The lowest BCUT2D eigenvalue weighted by Gasteiger charge is -2.16. The number of hydrogen-bond donors (Lipinski definition) is 0. The minimum atomic E-state index is -0.0945. The van der Waals surface area contributed by atoms with Crippen LogP contribution in [0.3, 0.4) is 0 Å². The highest BCUT2D eigenvalue weighted by molar-refractivity contribution is 5.72. The zero-order chi connectivity index (χ0) is 14.5. The smallest absolute Gasteiger partial charge is 0.310 e. The van der Waals surface area contributed by atoms with Crippen molar-refractivity contribution in [3.8, 4) is 5.75 Å². The molecule has 0 spiro atoms. The Morgan fingerprint density at radius 3 is 2.95 bits per heavy atom. The predicted octanol–water partition coefficient (Wildman–Crippen LogP) is 2.18. The topological polar surface area (TPSA) is 38.8 Å². The van der Waals surface area contributed by atoms with Gasteiger partial charge in [-0.1, -0.05) is 12.1 Å². The molecule has 4 nitrogen and oxygen atoms in total. The first kappa shape index (κ1) is 14.9. The molecule has 1 aromatic carbocycles. The third-order valence-electron chi connectivity index (χ3n) is 3.82. The van der Waals surface area contributed by atoms with Crippen LogP contribution < -0.4 is 4.74 Å². The highest BCUT2D eigenvalue weighted by Gasteiger charge is 2.28. The molecule has 0 bridgehead atoms. The molecule has 1 aromatic rings. The van der Waals surface area contributed by atoms with E-state index in [-0.39, 0.29) is 11.9 Å². The molecule has 4 heteroatoms. The number of hydrogen-bond acceptors (Lipinski definition) is 4. The van der Waals surface area contributed by atoms with E-state index in [1.807, 2.05) is 0 Å². The third-order valence-corrected chi connectivity index (χ3v) is 3.82. The normalized spacial score (nSPS) is 19.1. The Hall–Kier alpha value is -1.55. The summed E-state index contributed by atoms with van der Waals surface area (Å²) in [6.07, 6.45) is 0.885. The van der Waals surface area contributed by atoms with Crippen LogP contribution in [-0.2, 0) is 9.53 Å². The molecule has 1 aliphatic rings. The summed E-state index contributed by atoms with van der Waals surface area (Å²) in [6, 6.07) is 6.23. The van der Waals surface area contributed by atoms with Gasteiger partial charge in [0.05, 0.1) is 13.0 Å². The number of esters is 1. The second kappa shape index (κ2) is 6.75. The molecule has 1 fully saturated rings. The summed E-state index contributed by atoms with van der Waals surface area (Å²) < 4.78 is 10.6. The number of ether oxygens (including phenoxy) is 2. The highest BCUT2D eigenvalue weighted by atomic mass is 16.5. The number of rotatable bonds is 5. The number of nitrogens with zero attached hydrogens (tertiary/aromatic N) is 1. The largest absolute Gasteiger partial charge is 0.492 e. The average Bonchev–Trinajstić information content (AvgIpc) is 2.90. The number of aryl methyl sites for hydroxylation is 2. The standard InChI is InChI=1S/C16H23NO3/c1-12-4-5-13(2)15(10-12)20-9-8-17-7-6-14(11-17)16(18)19-3/h4-5,10,14H,6-9,11H2,1-3H3. The molecule has 1 aliphatic heterocycles. The molecular formula is C16H23NO3. The maximum atomic E-state index is 11.5. The van der Waals surface area contributed by atoms with Crippen molar-refractivity contribution in [3.63, 3.8) is 0 Å². The lowest BCUT2D eigenvalue weighted by Crippen LogP contribution is -2.28. The Balaban J connectivity index is 1.77. The van der Waals surface area contributed by atoms with E-state index in [0.29, 0.717) is 6.61 Å². The number of methoxy groups -OCH3 is 1. The zero-order valence-electron chi connectivity index (χ0n) is 12.5. The van der Waals surface area contributed by atoms with E-state index in [4.69, 9.17) is 9.47 Å². The van der Waals surface area contributed by atoms with Gasteiger partial charge in [-0.3, -0.25) is 9.69 Å². The molecule has 110 valence electrons. The molecule has 0 radical (unpaired) electrons. The van der Waals surface area contributed by atoms with Gasteiger partial charge in [-0.15, -0.1) is 0 Å². The van der Waals surface area contributed by atoms with Crippen LogP contribution in [0, 0.1) is 19.8 Å². The fourth-order valence-corrected chi connectivity index (χ4v) is 2.54. The molecule has 0 saturated carbocycles. The average molecular weight is 277 g/mol. The van der Waals surface area contributed by atoms with Gasteiger partial charge in [0.1, 0.15) is 12.4 Å². The van der Waals surface area contributed by atoms with Gasteiger partial charge in [0, 0.05) is 13.1 Å². The summed E-state index contributed by atoms with van der Waals surface area (Å²) in [6.45, 7) is 7.34. The maximum absolute atomic E-state index is 11.5. The molecule has 0 N–H and O–H groups in total. The molecule has 20 heavy (non-hydrogen) atoms. The van der Waals surface area contributed by atoms with E-state index in [9.17, 15) is 4.79 Å². The van der Waals surface area contributed by atoms with E-state index in [2.05, 4.69) is 36.9 Å². The molecule has 2 rings (SSSR count). The molecule has 1 unspecified atom stereocenters. The SMILES string of the molecule is COC(=O)C1CCN(CCOc2cc(C)ccc2C)C1. The maximum Gasteiger partial charge on any atom is 0.310 e. The Morgan fingerprint density at radius 2 is 2.20 bits per heavy atom. The number of benzene rings is 1. The molecule has 1 atom stereocenters. The quantitative estimate of drug-likeness (QED) is 0.773.